The van der Waals surface area contributed by atoms with E-state index < -0.39 is 0 Å². The zero-order valence-electron chi connectivity index (χ0n) is 11.0. The summed E-state index contributed by atoms with van der Waals surface area (Å²) in [6.45, 7) is 9.65. The molecule has 1 N–H and O–H groups in total. The van der Waals surface area contributed by atoms with Crippen LogP contribution in [-0.4, -0.2) is 6.54 Å². The van der Waals surface area contributed by atoms with Gasteiger partial charge in [0, 0.05) is 6.04 Å². The fourth-order valence-electron chi connectivity index (χ4n) is 1.56. The third-order valence-electron chi connectivity index (χ3n) is 2.77. The summed E-state index contributed by atoms with van der Waals surface area (Å²) < 4.78 is 13.0. The van der Waals surface area contributed by atoms with E-state index in [9.17, 15) is 4.39 Å². The van der Waals surface area contributed by atoms with Gasteiger partial charge in [0.1, 0.15) is 5.82 Å². The average Bonchev–Trinajstić information content (AvgIpc) is 2.20. The van der Waals surface area contributed by atoms with Crippen LogP contribution in [-0.2, 0) is 0 Å². The van der Waals surface area contributed by atoms with Crippen LogP contribution in [0.5, 0.6) is 0 Å². The van der Waals surface area contributed by atoms with E-state index >= 15 is 0 Å². The maximum Gasteiger partial charge on any atom is 0.141 e. The monoisotopic (exact) mass is 257 g/mol. The maximum atomic E-state index is 13.0. The van der Waals surface area contributed by atoms with Crippen molar-refractivity contribution in [3.63, 3.8) is 0 Å². The van der Waals surface area contributed by atoms with Gasteiger partial charge in [0.05, 0.1) is 5.02 Å². The van der Waals surface area contributed by atoms with E-state index in [1.165, 1.54) is 6.07 Å². The van der Waals surface area contributed by atoms with Gasteiger partial charge in [-0.25, -0.2) is 4.39 Å². The molecule has 0 heterocycles. The molecule has 0 aliphatic heterocycles. The number of hydrogen-bond acceptors (Lipinski definition) is 1. The normalized spacial score (nSPS) is 13.8. The van der Waals surface area contributed by atoms with Crippen molar-refractivity contribution in [1.82, 2.24) is 5.32 Å². The van der Waals surface area contributed by atoms with Crippen molar-refractivity contribution >= 4 is 11.6 Å². The maximum absolute atomic E-state index is 13.0. The van der Waals surface area contributed by atoms with Crippen molar-refractivity contribution in [2.75, 3.05) is 6.54 Å². The highest BCUT2D eigenvalue weighted by molar-refractivity contribution is 6.30. The molecule has 0 radical (unpaired) electrons. The van der Waals surface area contributed by atoms with Crippen LogP contribution in [0.25, 0.3) is 0 Å². The van der Waals surface area contributed by atoms with E-state index in [2.05, 4.69) is 33.0 Å². The second kappa shape index (κ2) is 5.83. The van der Waals surface area contributed by atoms with E-state index in [0.29, 0.717) is 5.41 Å². The van der Waals surface area contributed by atoms with Crippen LogP contribution in [0.15, 0.2) is 18.2 Å². The molecule has 0 saturated carbocycles. The molecule has 3 heteroatoms. The van der Waals surface area contributed by atoms with E-state index in [0.717, 1.165) is 18.5 Å². The lowest BCUT2D eigenvalue weighted by atomic mass is 9.92. The van der Waals surface area contributed by atoms with Gasteiger partial charge in [0.25, 0.3) is 0 Å². The lowest BCUT2D eigenvalue weighted by Gasteiger charge is -2.21. The van der Waals surface area contributed by atoms with Gasteiger partial charge in [-0.1, -0.05) is 38.4 Å². The van der Waals surface area contributed by atoms with Gasteiger partial charge < -0.3 is 5.32 Å². The standard InChI is InChI=1S/C14H21ClFN/c1-10(17-8-7-14(2,3)4)11-5-6-13(16)12(15)9-11/h5-6,9-10,17H,7-8H2,1-4H3. The second-order valence-electron chi connectivity index (χ2n) is 5.66. The summed E-state index contributed by atoms with van der Waals surface area (Å²) in [6, 6.07) is 5.07. The van der Waals surface area contributed by atoms with E-state index in [1.807, 2.05) is 0 Å². The number of hydrogen-bond donors (Lipinski definition) is 1. The SMILES string of the molecule is CC(NCCC(C)(C)C)c1ccc(F)c(Cl)c1. The predicted molar refractivity (Wildman–Crippen MR) is 71.9 cm³/mol. The van der Waals surface area contributed by atoms with Crippen LogP contribution < -0.4 is 5.32 Å². The summed E-state index contributed by atoms with van der Waals surface area (Å²) in [4.78, 5) is 0. The summed E-state index contributed by atoms with van der Waals surface area (Å²) in [5.41, 5.74) is 1.35. The lowest BCUT2D eigenvalue weighted by molar-refractivity contribution is 0.358. The van der Waals surface area contributed by atoms with Gasteiger partial charge in [-0.05, 0) is 43.0 Å². The van der Waals surface area contributed by atoms with Crippen LogP contribution in [0, 0.1) is 11.2 Å². The number of halogens is 2. The molecule has 0 bridgehead atoms. The highest BCUT2D eigenvalue weighted by atomic mass is 35.5. The Balaban J connectivity index is 2.52. The average molecular weight is 258 g/mol. The molecule has 0 aliphatic rings. The molecule has 0 fully saturated rings. The van der Waals surface area contributed by atoms with Crippen LogP contribution >= 0.6 is 11.6 Å². The van der Waals surface area contributed by atoms with Crippen molar-refractivity contribution in [3.05, 3.63) is 34.6 Å². The number of benzene rings is 1. The third-order valence-corrected chi connectivity index (χ3v) is 3.06. The van der Waals surface area contributed by atoms with Crippen LogP contribution in [0.3, 0.4) is 0 Å². The molecule has 1 atom stereocenters. The van der Waals surface area contributed by atoms with Crippen molar-refractivity contribution in [1.29, 1.82) is 0 Å². The Morgan fingerprint density at radius 1 is 1.35 bits per heavy atom. The summed E-state index contributed by atoms with van der Waals surface area (Å²) in [6.07, 6.45) is 1.10. The minimum absolute atomic E-state index is 0.187. The second-order valence-corrected chi connectivity index (χ2v) is 6.07. The highest BCUT2D eigenvalue weighted by Crippen LogP contribution is 2.22. The molecular formula is C14H21ClFN. The van der Waals surface area contributed by atoms with E-state index in [-0.39, 0.29) is 16.9 Å². The van der Waals surface area contributed by atoms with Crippen molar-refractivity contribution in [2.24, 2.45) is 5.41 Å². The third kappa shape index (κ3) is 5.05. The van der Waals surface area contributed by atoms with Crippen molar-refractivity contribution < 1.29 is 4.39 Å². The topological polar surface area (TPSA) is 12.0 Å². The molecule has 1 aromatic rings. The first-order chi connectivity index (χ1) is 7.79. The Hall–Kier alpha value is -0.600. The first-order valence-electron chi connectivity index (χ1n) is 5.98. The van der Waals surface area contributed by atoms with Gasteiger partial charge in [-0.15, -0.1) is 0 Å². The van der Waals surface area contributed by atoms with Crippen molar-refractivity contribution in [2.45, 2.75) is 40.2 Å². The van der Waals surface area contributed by atoms with Crippen LogP contribution in [0.1, 0.15) is 45.7 Å². The van der Waals surface area contributed by atoms with Crippen LogP contribution in [0.4, 0.5) is 4.39 Å². The molecule has 0 spiro atoms. The highest BCUT2D eigenvalue weighted by Gasteiger charge is 2.12. The molecule has 1 unspecified atom stereocenters. The largest absolute Gasteiger partial charge is 0.310 e. The van der Waals surface area contributed by atoms with Gasteiger partial charge in [0.2, 0.25) is 0 Å². The Labute approximate surface area is 108 Å². The molecule has 1 aromatic carbocycles. The van der Waals surface area contributed by atoms with Crippen molar-refractivity contribution in [3.8, 4) is 0 Å². The fraction of sp³-hybridized carbons (Fsp3) is 0.571. The van der Waals surface area contributed by atoms with Crippen LogP contribution in [0.2, 0.25) is 5.02 Å². The lowest BCUT2D eigenvalue weighted by Crippen LogP contribution is -2.23. The molecule has 0 amide bonds. The van der Waals surface area contributed by atoms with Gasteiger partial charge >= 0.3 is 0 Å². The van der Waals surface area contributed by atoms with E-state index in [1.54, 1.807) is 12.1 Å². The predicted octanol–water partition coefficient (Wildman–Crippen LogP) is 4.57. The van der Waals surface area contributed by atoms with E-state index in [4.69, 9.17) is 11.6 Å². The Bertz CT molecular complexity index is 371. The summed E-state index contributed by atoms with van der Waals surface area (Å²) >= 11 is 5.76. The number of rotatable bonds is 4. The zero-order chi connectivity index (χ0) is 13.1. The number of nitrogens with one attached hydrogen (secondary N) is 1. The molecule has 96 valence electrons. The Kier molecular flexibility index (Phi) is 4.96. The molecule has 1 rings (SSSR count). The molecule has 1 nitrogen and oxygen atoms in total. The molecule has 17 heavy (non-hydrogen) atoms. The first kappa shape index (κ1) is 14.5. The smallest absolute Gasteiger partial charge is 0.141 e. The fourth-order valence-corrected chi connectivity index (χ4v) is 1.75. The minimum Gasteiger partial charge on any atom is -0.310 e. The Morgan fingerprint density at radius 2 is 2.00 bits per heavy atom. The summed E-state index contributed by atoms with van der Waals surface area (Å²) in [5, 5.41) is 3.61. The quantitative estimate of drug-likeness (QED) is 0.833. The molecule has 0 saturated heterocycles. The summed E-state index contributed by atoms with van der Waals surface area (Å²) in [5.74, 6) is -0.364. The van der Waals surface area contributed by atoms with Gasteiger partial charge in [-0.2, -0.15) is 0 Å². The minimum atomic E-state index is -0.364. The zero-order valence-corrected chi connectivity index (χ0v) is 11.7. The Morgan fingerprint density at radius 3 is 2.53 bits per heavy atom. The van der Waals surface area contributed by atoms with Gasteiger partial charge in [-0.3, -0.25) is 0 Å². The summed E-state index contributed by atoms with van der Waals surface area (Å²) in [7, 11) is 0. The molecular weight excluding hydrogens is 237 g/mol. The molecule has 0 aromatic heterocycles. The van der Waals surface area contributed by atoms with Gasteiger partial charge in [0.15, 0.2) is 0 Å². The first-order valence-corrected chi connectivity index (χ1v) is 6.36. The molecule has 0 aliphatic carbocycles.